The van der Waals surface area contributed by atoms with Gasteiger partial charge in [-0.1, -0.05) is 6.07 Å². The predicted octanol–water partition coefficient (Wildman–Crippen LogP) is 2.82. The number of rotatable bonds is 5. The second-order valence-electron chi connectivity index (χ2n) is 3.44. The minimum Gasteiger partial charge on any atom is -0.496 e. The van der Waals surface area contributed by atoms with E-state index in [1.807, 2.05) is 6.07 Å². The number of likely N-dealkylation sites (N-methyl/N-ethyl adjacent to an activating group) is 1. The Morgan fingerprint density at radius 3 is 2.73 bits per heavy atom. The van der Waals surface area contributed by atoms with Gasteiger partial charge in [0.2, 0.25) is 0 Å². The van der Waals surface area contributed by atoms with E-state index in [2.05, 4.69) is 52.6 Å². The van der Waals surface area contributed by atoms with Crippen molar-refractivity contribution in [2.45, 2.75) is 6.42 Å². The maximum Gasteiger partial charge on any atom is 0.133 e. The summed E-state index contributed by atoms with van der Waals surface area (Å²) in [6.45, 7) is 1.02. The fourth-order valence-corrected chi connectivity index (χ4v) is 1.99. The van der Waals surface area contributed by atoms with Gasteiger partial charge >= 0.3 is 0 Å². The maximum absolute atomic E-state index is 5.18. The molecular weight excluding hydrogens is 274 g/mol. The molecule has 0 amide bonds. The van der Waals surface area contributed by atoms with Crippen molar-refractivity contribution in [3.8, 4) is 5.75 Å². The van der Waals surface area contributed by atoms with E-state index < -0.39 is 0 Å². The summed E-state index contributed by atoms with van der Waals surface area (Å²) in [6, 6.07) is 6.18. The summed E-state index contributed by atoms with van der Waals surface area (Å²) in [5, 5.41) is 0. The first kappa shape index (κ1) is 12.9. The highest BCUT2D eigenvalue weighted by Gasteiger charge is 2.02. The Balaban J connectivity index is 2.59. The average molecular weight is 290 g/mol. The van der Waals surface area contributed by atoms with Gasteiger partial charge in [0.1, 0.15) is 5.75 Å². The van der Waals surface area contributed by atoms with Crippen LogP contribution in [-0.2, 0) is 6.42 Å². The highest BCUT2D eigenvalue weighted by Crippen LogP contribution is 2.25. The summed E-state index contributed by atoms with van der Waals surface area (Å²) < 4.78 is 6.19. The predicted molar refractivity (Wildman–Crippen MR) is 70.9 cm³/mol. The molecule has 0 unspecified atom stereocenters. The second kappa shape index (κ2) is 6.40. The lowest BCUT2D eigenvalue weighted by Gasteiger charge is -2.13. The lowest BCUT2D eigenvalue weighted by atomic mass is 10.1. The van der Waals surface area contributed by atoms with Crippen LogP contribution in [0, 0.1) is 0 Å². The molecule has 15 heavy (non-hydrogen) atoms. The monoisotopic (exact) mass is 289 g/mol. The number of methoxy groups -OCH3 is 1. The van der Waals surface area contributed by atoms with Gasteiger partial charge in [0.05, 0.1) is 11.6 Å². The third kappa shape index (κ3) is 4.05. The van der Waals surface area contributed by atoms with Crippen LogP contribution in [0.4, 0.5) is 0 Å². The van der Waals surface area contributed by atoms with Gasteiger partial charge < -0.3 is 4.74 Å². The molecule has 0 atom stereocenters. The van der Waals surface area contributed by atoms with Crippen LogP contribution < -0.4 is 4.74 Å². The maximum atomic E-state index is 5.18. The van der Waals surface area contributed by atoms with Crippen molar-refractivity contribution in [3.05, 3.63) is 28.2 Å². The van der Waals surface area contributed by atoms with Gasteiger partial charge in [0, 0.05) is 12.4 Å². The van der Waals surface area contributed by atoms with Crippen molar-refractivity contribution in [1.29, 1.82) is 0 Å². The van der Waals surface area contributed by atoms with E-state index in [1.165, 1.54) is 5.56 Å². The SMILES string of the molecule is COc1ccc(CCN(C)CS)cc1Br. The number of benzene rings is 1. The number of halogens is 1. The summed E-state index contributed by atoms with van der Waals surface area (Å²) in [5.41, 5.74) is 1.30. The van der Waals surface area contributed by atoms with Gasteiger partial charge in [-0.2, -0.15) is 12.6 Å². The molecule has 0 aromatic heterocycles. The van der Waals surface area contributed by atoms with Crippen molar-refractivity contribution >= 4 is 28.6 Å². The topological polar surface area (TPSA) is 12.5 Å². The van der Waals surface area contributed by atoms with E-state index in [9.17, 15) is 0 Å². The molecule has 4 heteroatoms. The van der Waals surface area contributed by atoms with Crippen LogP contribution in [0.1, 0.15) is 5.56 Å². The van der Waals surface area contributed by atoms with Gasteiger partial charge in [0.15, 0.2) is 0 Å². The largest absolute Gasteiger partial charge is 0.496 e. The first-order valence-corrected chi connectivity index (χ1v) is 6.21. The Labute approximate surface area is 105 Å². The van der Waals surface area contributed by atoms with Gasteiger partial charge in [-0.05, 0) is 47.1 Å². The summed E-state index contributed by atoms with van der Waals surface area (Å²) in [7, 11) is 3.74. The van der Waals surface area contributed by atoms with Crippen LogP contribution in [0.25, 0.3) is 0 Å². The third-order valence-electron chi connectivity index (χ3n) is 2.24. The highest BCUT2D eigenvalue weighted by atomic mass is 79.9. The lowest BCUT2D eigenvalue weighted by Crippen LogP contribution is -2.19. The number of hydrogen-bond acceptors (Lipinski definition) is 3. The normalized spacial score (nSPS) is 10.7. The third-order valence-corrected chi connectivity index (χ3v) is 3.34. The zero-order chi connectivity index (χ0) is 11.3. The number of hydrogen-bond donors (Lipinski definition) is 1. The highest BCUT2D eigenvalue weighted by molar-refractivity contribution is 9.10. The van der Waals surface area contributed by atoms with Crippen LogP contribution in [0.15, 0.2) is 22.7 Å². The molecule has 0 aliphatic heterocycles. The Morgan fingerprint density at radius 1 is 1.47 bits per heavy atom. The lowest BCUT2D eigenvalue weighted by molar-refractivity contribution is 0.398. The van der Waals surface area contributed by atoms with Crippen LogP contribution in [0.3, 0.4) is 0 Å². The molecule has 0 fully saturated rings. The van der Waals surface area contributed by atoms with Crippen LogP contribution in [-0.4, -0.2) is 31.5 Å². The standard InChI is InChI=1S/C11H16BrNOS/c1-13(8-15)6-5-9-3-4-11(14-2)10(12)7-9/h3-4,7,15H,5-6,8H2,1-2H3. The quantitative estimate of drug-likeness (QED) is 0.661. The molecule has 0 radical (unpaired) electrons. The van der Waals surface area contributed by atoms with Gasteiger partial charge in [-0.15, -0.1) is 0 Å². The molecule has 2 nitrogen and oxygen atoms in total. The molecule has 1 aromatic carbocycles. The molecule has 1 aromatic rings. The van der Waals surface area contributed by atoms with Crippen LogP contribution in [0.5, 0.6) is 5.75 Å². The minimum atomic E-state index is 0.789. The van der Waals surface area contributed by atoms with E-state index in [0.29, 0.717) is 0 Å². The Kier molecular flexibility index (Phi) is 5.50. The Hall–Kier alpha value is -0.190. The van der Waals surface area contributed by atoms with Gasteiger partial charge in [0.25, 0.3) is 0 Å². The van der Waals surface area contributed by atoms with Crippen molar-refractivity contribution in [2.24, 2.45) is 0 Å². The first-order chi connectivity index (χ1) is 7.17. The molecular formula is C11H16BrNOS. The van der Waals surface area contributed by atoms with E-state index in [4.69, 9.17) is 4.74 Å². The molecule has 0 saturated carbocycles. The number of nitrogens with zero attached hydrogens (tertiary/aromatic N) is 1. The van der Waals surface area contributed by atoms with Crippen molar-refractivity contribution in [3.63, 3.8) is 0 Å². The van der Waals surface area contributed by atoms with Crippen molar-refractivity contribution < 1.29 is 4.74 Å². The number of ether oxygens (including phenoxy) is 1. The van der Waals surface area contributed by atoms with Gasteiger partial charge in [-0.25, -0.2) is 0 Å². The molecule has 0 aliphatic rings. The van der Waals surface area contributed by atoms with Crippen LogP contribution >= 0.6 is 28.6 Å². The summed E-state index contributed by atoms with van der Waals surface area (Å²) >= 11 is 7.69. The smallest absolute Gasteiger partial charge is 0.133 e. The van der Waals surface area contributed by atoms with Gasteiger partial charge in [-0.3, -0.25) is 4.90 Å². The molecule has 0 heterocycles. The summed E-state index contributed by atoms with van der Waals surface area (Å²) in [5.74, 6) is 1.67. The zero-order valence-corrected chi connectivity index (χ0v) is 11.5. The Morgan fingerprint density at radius 2 is 2.20 bits per heavy atom. The summed E-state index contributed by atoms with van der Waals surface area (Å²) in [6.07, 6.45) is 1.03. The van der Waals surface area contributed by atoms with E-state index in [-0.39, 0.29) is 0 Å². The minimum absolute atomic E-state index is 0.789. The summed E-state index contributed by atoms with van der Waals surface area (Å²) in [4.78, 5) is 2.17. The number of thiol groups is 1. The molecule has 0 bridgehead atoms. The molecule has 0 spiro atoms. The van der Waals surface area contributed by atoms with E-state index in [1.54, 1.807) is 7.11 Å². The van der Waals surface area contributed by atoms with Crippen molar-refractivity contribution in [2.75, 3.05) is 26.6 Å². The molecule has 0 N–H and O–H groups in total. The fraction of sp³-hybridized carbons (Fsp3) is 0.455. The Bertz CT molecular complexity index is 319. The molecule has 0 saturated heterocycles. The van der Waals surface area contributed by atoms with E-state index in [0.717, 1.165) is 29.1 Å². The van der Waals surface area contributed by atoms with E-state index >= 15 is 0 Å². The molecule has 0 aliphatic carbocycles. The fourth-order valence-electron chi connectivity index (χ4n) is 1.26. The molecule has 1 rings (SSSR count). The zero-order valence-electron chi connectivity index (χ0n) is 9.03. The first-order valence-electron chi connectivity index (χ1n) is 4.79. The second-order valence-corrected chi connectivity index (χ2v) is 4.58. The molecule has 84 valence electrons. The van der Waals surface area contributed by atoms with Crippen molar-refractivity contribution in [1.82, 2.24) is 4.90 Å². The van der Waals surface area contributed by atoms with Crippen LogP contribution in [0.2, 0.25) is 0 Å². The average Bonchev–Trinajstić information content (AvgIpc) is 2.26.